The van der Waals surface area contributed by atoms with Gasteiger partial charge in [0.15, 0.2) is 0 Å². The second-order valence-corrected chi connectivity index (χ2v) is 2.84. The molecule has 0 saturated carbocycles. The molecule has 1 amide bonds. The zero-order valence-electron chi connectivity index (χ0n) is 8.17. The summed E-state index contributed by atoms with van der Waals surface area (Å²) in [7, 11) is 0. The molecule has 0 aromatic heterocycles. The van der Waals surface area contributed by atoms with Crippen LogP contribution < -0.4 is 10.1 Å². The molecule has 0 heterocycles. The molecule has 87 valence electrons. The minimum absolute atomic E-state index is 0.0281. The summed E-state index contributed by atoms with van der Waals surface area (Å²) in [4.78, 5) is 10.4. The molecule has 0 bridgehead atoms. The van der Waals surface area contributed by atoms with Crippen LogP contribution in [0.5, 0.6) is 5.75 Å². The molecule has 1 N–H and O–H groups in total. The number of nitrogens with one attached hydrogen (secondary N) is 1. The molecule has 0 unspecified atom stereocenters. The first-order valence-corrected chi connectivity index (χ1v) is 4.44. The van der Waals surface area contributed by atoms with Crippen molar-refractivity contribution in [2.45, 2.75) is 6.18 Å². The van der Waals surface area contributed by atoms with Crippen molar-refractivity contribution >= 4 is 5.91 Å². The normalized spacial score (nSPS) is 10.9. The van der Waals surface area contributed by atoms with Gasteiger partial charge in [-0.05, 0) is 18.2 Å². The Morgan fingerprint density at radius 2 is 2.25 bits per heavy atom. The summed E-state index contributed by atoms with van der Waals surface area (Å²) in [5.41, 5.74) is 0. The van der Waals surface area contributed by atoms with Crippen LogP contribution in [0, 0.1) is 6.07 Å². The number of alkyl halides is 3. The van der Waals surface area contributed by atoms with Crippen LogP contribution in [0.1, 0.15) is 0 Å². The van der Waals surface area contributed by atoms with E-state index in [-0.39, 0.29) is 13.2 Å². The standard InChI is InChI=1S/C10H9F3NO2/c11-10(12,13)9(15)14-6-7-16-8-4-2-1-3-5-8/h1-2,4-5H,6-7H2,(H,14,15). The summed E-state index contributed by atoms with van der Waals surface area (Å²) in [6.45, 7) is -0.229. The second-order valence-electron chi connectivity index (χ2n) is 2.84. The van der Waals surface area contributed by atoms with Gasteiger partial charge in [0.05, 0.1) is 6.54 Å². The molecule has 1 radical (unpaired) electrons. The summed E-state index contributed by atoms with van der Waals surface area (Å²) in [6.07, 6.45) is -4.85. The number of halogens is 3. The molecule has 0 aliphatic rings. The van der Waals surface area contributed by atoms with Crippen molar-refractivity contribution in [3.63, 3.8) is 0 Å². The van der Waals surface area contributed by atoms with E-state index in [1.807, 2.05) is 0 Å². The maximum Gasteiger partial charge on any atom is 0.471 e. The predicted octanol–water partition coefficient (Wildman–Crippen LogP) is 1.54. The number of carbonyl (C=O) groups excluding carboxylic acids is 1. The van der Waals surface area contributed by atoms with Gasteiger partial charge >= 0.3 is 12.1 Å². The maximum absolute atomic E-state index is 11.7. The molecule has 0 aliphatic carbocycles. The monoisotopic (exact) mass is 232 g/mol. The quantitative estimate of drug-likeness (QED) is 0.800. The minimum Gasteiger partial charge on any atom is -0.492 e. The highest BCUT2D eigenvalue weighted by molar-refractivity contribution is 5.81. The third-order valence-corrected chi connectivity index (χ3v) is 1.59. The van der Waals surface area contributed by atoms with E-state index in [2.05, 4.69) is 6.07 Å². The van der Waals surface area contributed by atoms with E-state index in [1.165, 1.54) is 0 Å². The third kappa shape index (κ3) is 4.20. The van der Waals surface area contributed by atoms with E-state index in [1.54, 1.807) is 29.6 Å². The van der Waals surface area contributed by atoms with E-state index < -0.39 is 12.1 Å². The Kier molecular flexibility index (Phi) is 4.16. The molecule has 0 aliphatic heterocycles. The number of rotatable bonds is 4. The lowest BCUT2D eigenvalue weighted by atomic mass is 10.3. The smallest absolute Gasteiger partial charge is 0.471 e. The Morgan fingerprint density at radius 3 is 2.81 bits per heavy atom. The first-order valence-electron chi connectivity index (χ1n) is 4.44. The number of hydrogen-bond donors (Lipinski definition) is 1. The van der Waals surface area contributed by atoms with Crippen molar-refractivity contribution in [1.29, 1.82) is 0 Å². The van der Waals surface area contributed by atoms with Gasteiger partial charge in [0, 0.05) is 0 Å². The lowest BCUT2D eigenvalue weighted by molar-refractivity contribution is -0.173. The summed E-state index contributed by atoms with van der Waals surface area (Å²) in [6, 6.07) is 9.28. The average Bonchev–Trinajstić information content (AvgIpc) is 2.24. The van der Waals surface area contributed by atoms with Gasteiger partial charge in [-0.3, -0.25) is 4.79 Å². The summed E-state index contributed by atoms with van der Waals surface area (Å²) in [5.74, 6) is -1.47. The summed E-state index contributed by atoms with van der Waals surface area (Å²) >= 11 is 0. The highest BCUT2D eigenvalue weighted by Gasteiger charge is 2.38. The molecule has 6 heteroatoms. The SMILES string of the molecule is O=C(NCCOc1c[c]ccc1)C(F)(F)F. The molecule has 1 aromatic rings. The number of hydrogen-bond acceptors (Lipinski definition) is 2. The molecule has 16 heavy (non-hydrogen) atoms. The Bertz CT molecular complexity index is 338. The van der Waals surface area contributed by atoms with E-state index in [9.17, 15) is 18.0 Å². The lowest BCUT2D eigenvalue weighted by Crippen LogP contribution is -2.38. The van der Waals surface area contributed by atoms with Crippen LogP contribution in [0.3, 0.4) is 0 Å². The van der Waals surface area contributed by atoms with Crippen LogP contribution >= 0.6 is 0 Å². The maximum atomic E-state index is 11.7. The van der Waals surface area contributed by atoms with Gasteiger partial charge in [-0.25, -0.2) is 0 Å². The number of benzene rings is 1. The number of amides is 1. The van der Waals surface area contributed by atoms with Gasteiger partial charge in [-0.15, -0.1) is 0 Å². The molecule has 0 saturated heterocycles. The highest BCUT2D eigenvalue weighted by Crippen LogP contribution is 2.13. The molecule has 0 fully saturated rings. The van der Waals surface area contributed by atoms with Crippen LogP contribution in [-0.4, -0.2) is 25.2 Å². The zero-order chi connectivity index (χ0) is 12.0. The Hall–Kier alpha value is -1.72. The molecule has 1 rings (SSSR count). The number of ether oxygens (including phenoxy) is 1. The van der Waals surface area contributed by atoms with Crippen molar-refractivity contribution < 1.29 is 22.7 Å². The predicted molar refractivity (Wildman–Crippen MR) is 49.8 cm³/mol. The van der Waals surface area contributed by atoms with E-state index in [0.29, 0.717) is 5.75 Å². The fourth-order valence-corrected chi connectivity index (χ4v) is 0.900. The Balaban J connectivity index is 2.20. The molecular weight excluding hydrogens is 223 g/mol. The fraction of sp³-hybridized carbons (Fsp3) is 0.300. The number of carbonyl (C=O) groups is 1. The van der Waals surface area contributed by atoms with Crippen LogP contribution in [0.25, 0.3) is 0 Å². The molecule has 1 aromatic carbocycles. The van der Waals surface area contributed by atoms with E-state index >= 15 is 0 Å². The molecular formula is C10H9F3NO2. The van der Waals surface area contributed by atoms with Crippen molar-refractivity contribution in [3.8, 4) is 5.75 Å². The lowest BCUT2D eigenvalue weighted by Gasteiger charge is -2.08. The van der Waals surface area contributed by atoms with Gasteiger partial charge in [-0.2, -0.15) is 13.2 Å². The fourth-order valence-electron chi connectivity index (χ4n) is 0.900. The van der Waals surface area contributed by atoms with Crippen molar-refractivity contribution in [2.24, 2.45) is 0 Å². The second kappa shape index (κ2) is 5.39. The van der Waals surface area contributed by atoms with Gasteiger partial charge < -0.3 is 10.1 Å². The third-order valence-electron chi connectivity index (χ3n) is 1.59. The minimum atomic E-state index is -4.85. The topological polar surface area (TPSA) is 38.3 Å². The van der Waals surface area contributed by atoms with Crippen LogP contribution in [-0.2, 0) is 4.79 Å². The summed E-state index contributed by atoms with van der Waals surface area (Å²) in [5, 5.41) is 1.69. The first kappa shape index (κ1) is 12.4. The van der Waals surface area contributed by atoms with Crippen LogP contribution in [0.15, 0.2) is 24.3 Å². The average molecular weight is 232 g/mol. The van der Waals surface area contributed by atoms with Gasteiger partial charge in [0.1, 0.15) is 12.4 Å². The Labute approximate surface area is 90.2 Å². The van der Waals surface area contributed by atoms with Crippen molar-refractivity contribution in [3.05, 3.63) is 30.3 Å². The largest absolute Gasteiger partial charge is 0.492 e. The van der Waals surface area contributed by atoms with Crippen molar-refractivity contribution in [1.82, 2.24) is 5.32 Å². The Morgan fingerprint density at radius 1 is 1.50 bits per heavy atom. The van der Waals surface area contributed by atoms with Crippen molar-refractivity contribution in [2.75, 3.05) is 13.2 Å². The van der Waals surface area contributed by atoms with Crippen LogP contribution in [0.4, 0.5) is 13.2 Å². The molecule has 0 spiro atoms. The van der Waals surface area contributed by atoms with Crippen LogP contribution in [0.2, 0.25) is 0 Å². The first-order chi connectivity index (χ1) is 7.50. The van der Waals surface area contributed by atoms with Gasteiger partial charge in [0.2, 0.25) is 0 Å². The highest BCUT2D eigenvalue weighted by atomic mass is 19.4. The van der Waals surface area contributed by atoms with E-state index in [4.69, 9.17) is 4.74 Å². The zero-order valence-corrected chi connectivity index (χ0v) is 8.17. The summed E-state index contributed by atoms with van der Waals surface area (Å²) < 4.78 is 40.3. The van der Waals surface area contributed by atoms with E-state index in [0.717, 1.165) is 0 Å². The molecule has 0 atom stereocenters. The van der Waals surface area contributed by atoms with Gasteiger partial charge in [-0.1, -0.05) is 12.1 Å². The molecule has 3 nitrogen and oxygen atoms in total. The van der Waals surface area contributed by atoms with Gasteiger partial charge in [0.25, 0.3) is 0 Å².